The highest BCUT2D eigenvalue weighted by Crippen LogP contribution is 2.20. The molecule has 1 N–H and O–H groups in total. The van der Waals surface area contributed by atoms with E-state index in [1.54, 1.807) is 0 Å². The Hall–Kier alpha value is -2.91. The first-order valence-corrected chi connectivity index (χ1v) is 11.0. The van der Waals surface area contributed by atoms with Crippen LogP contribution in [0.2, 0.25) is 0 Å². The molecule has 0 saturated heterocycles. The Labute approximate surface area is 179 Å². The zero-order valence-electron chi connectivity index (χ0n) is 17.7. The maximum absolute atomic E-state index is 12.6. The fourth-order valence-electron chi connectivity index (χ4n) is 4.05. The lowest BCUT2D eigenvalue weighted by molar-refractivity contribution is 0.102. The van der Waals surface area contributed by atoms with Crippen LogP contribution >= 0.6 is 0 Å². The van der Waals surface area contributed by atoms with Crippen molar-refractivity contribution in [3.8, 4) is 0 Å². The lowest BCUT2D eigenvalue weighted by atomic mass is 9.99. The zero-order valence-corrected chi connectivity index (χ0v) is 17.7. The van der Waals surface area contributed by atoms with Crippen LogP contribution < -0.4 is 5.32 Å². The van der Waals surface area contributed by atoms with Crippen LogP contribution in [-0.4, -0.2) is 17.4 Å². The summed E-state index contributed by atoms with van der Waals surface area (Å²) in [6.07, 6.45) is 4.59. The number of benzene rings is 3. The van der Waals surface area contributed by atoms with Gasteiger partial charge >= 0.3 is 0 Å². The molecular formula is C27H30N2O. The van der Waals surface area contributed by atoms with Gasteiger partial charge in [0.2, 0.25) is 0 Å². The summed E-state index contributed by atoms with van der Waals surface area (Å²) in [5.74, 6) is -0.0604. The standard InChI is InChI=1S/C27H30N2O/c1-2-3-6-21-11-15-26(16-12-21)28-27(30)24-13-9-22(10-14-24)19-29-18-17-23-7-4-5-8-25(23)20-29/h4-5,7-16H,2-3,6,17-20H2,1H3,(H,28,30). The molecule has 0 bridgehead atoms. The van der Waals surface area contributed by atoms with Gasteiger partial charge in [-0.3, -0.25) is 9.69 Å². The molecule has 0 saturated carbocycles. The van der Waals surface area contributed by atoms with Crippen LogP contribution in [-0.2, 0) is 25.9 Å². The number of hydrogen-bond donors (Lipinski definition) is 1. The molecule has 1 aliphatic rings. The second-order valence-corrected chi connectivity index (χ2v) is 8.18. The first-order chi connectivity index (χ1) is 14.7. The minimum atomic E-state index is -0.0604. The third kappa shape index (κ3) is 5.17. The maximum atomic E-state index is 12.6. The third-order valence-corrected chi connectivity index (χ3v) is 5.86. The molecule has 30 heavy (non-hydrogen) atoms. The molecule has 0 aliphatic carbocycles. The van der Waals surface area contributed by atoms with Gasteiger partial charge in [0.05, 0.1) is 0 Å². The molecule has 3 aromatic carbocycles. The van der Waals surface area contributed by atoms with Gasteiger partial charge in [0.15, 0.2) is 0 Å². The van der Waals surface area contributed by atoms with Crippen LogP contribution in [0.3, 0.4) is 0 Å². The molecule has 0 radical (unpaired) electrons. The average Bonchev–Trinajstić information content (AvgIpc) is 2.79. The van der Waals surface area contributed by atoms with E-state index in [4.69, 9.17) is 0 Å². The number of nitrogens with zero attached hydrogens (tertiary/aromatic N) is 1. The van der Waals surface area contributed by atoms with Crippen LogP contribution in [0.4, 0.5) is 5.69 Å². The summed E-state index contributed by atoms with van der Waals surface area (Å²) in [5, 5.41) is 3.00. The molecule has 3 nitrogen and oxygen atoms in total. The van der Waals surface area contributed by atoms with E-state index in [-0.39, 0.29) is 5.91 Å². The molecule has 0 aromatic heterocycles. The summed E-state index contributed by atoms with van der Waals surface area (Å²) in [6.45, 7) is 5.18. The number of hydrogen-bond acceptors (Lipinski definition) is 2. The third-order valence-electron chi connectivity index (χ3n) is 5.86. The lowest BCUT2D eigenvalue weighted by Gasteiger charge is -2.28. The number of unbranched alkanes of at least 4 members (excludes halogenated alkanes) is 1. The van der Waals surface area contributed by atoms with Crippen molar-refractivity contribution < 1.29 is 4.79 Å². The molecule has 1 amide bonds. The number of nitrogens with one attached hydrogen (secondary N) is 1. The number of amides is 1. The van der Waals surface area contributed by atoms with Crippen molar-refractivity contribution >= 4 is 11.6 Å². The van der Waals surface area contributed by atoms with Crippen LogP contribution in [0, 0.1) is 0 Å². The molecule has 1 heterocycles. The van der Waals surface area contributed by atoms with Crippen LogP contribution in [0.1, 0.15) is 52.4 Å². The number of rotatable bonds is 7. The topological polar surface area (TPSA) is 32.3 Å². The minimum Gasteiger partial charge on any atom is -0.322 e. The molecule has 3 heteroatoms. The molecule has 1 aliphatic heterocycles. The molecule has 4 rings (SSSR count). The SMILES string of the molecule is CCCCc1ccc(NC(=O)c2ccc(CN3CCc4ccccc4C3)cc2)cc1. The smallest absolute Gasteiger partial charge is 0.255 e. The van der Waals surface area contributed by atoms with E-state index in [9.17, 15) is 4.79 Å². The van der Waals surface area contributed by atoms with E-state index in [1.807, 2.05) is 24.3 Å². The van der Waals surface area contributed by atoms with Crippen LogP contribution in [0.25, 0.3) is 0 Å². The lowest BCUT2D eigenvalue weighted by Crippen LogP contribution is -2.29. The quantitative estimate of drug-likeness (QED) is 0.542. The number of fused-ring (bicyclic) bond motifs is 1. The summed E-state index contributed by atoms with van der Waals surface area (Å²) < 4.78 is 0. The van der Waals surface area contributed by atoms with Crippen LogP contribution in [0.5, 0.6) is 0 Å². The zero-order chi connectivity index (χ0) is 20.8. The summed E-state index contributed by atoms with van der Waals surface area (Å²) in [6, 6.07) is 24.9. The second-order valence-electron chi connectivity index (χ2n) is 8.18. The van der Waals surface area contributed by atoms with Crippen molar-refractivity contribution in [1.82, 2.24) is 4.90 Å². The van der Waals surface area contributed by atoms with Gasteiger partial charge in [-0.25, -0.2) is 0 Å². The van der Waals surface area contributed by atoms with Crippen molar-refractivity contribution in [2.75, 3.05) is 11.9 Å². The number of carbonyl (C=O) groups excluding carboxylic acids is 1. The Morgan fingerprint density at radius 2 is 1.60 bits per heavy atom. The number of aryl methyl sites for hydroxylation is 1. The molecule has 0 spiro atoms. The number of carbonyl (C=O) groups is 1. The first-order valence-electron chi connectivity index (χ1n) is 11.0. The average molecular weight is 399 g/mol. The van der Waals surface area contributed by atoms with E-state index < -0.39 is 0 Å². The molecular weight excluding hydrogens is 368 g/mol. The maximum Gasteiger partial charge on any atom is 0.255 e. The van der Waals surface area contributed by atoms with E-state index in [0.29, 0.717) is 5.56 Å². The van der Waals surface area contributed by atoms with Gasteiger partial charge in [-0.05, 0) is 65.8 Å². The van der Waals surface area contributed by atoms with Gasteiger partial charge in [-0.15, -0.1) is 0 Å². The van der Waals surface area contributed by atoms with Crippen molar-refractivity contribution in [3.05, 3.63) is 101 Å². The largest absolute Gasteiger partial charge is 0.322 e. The fourth-order valence-corrected chi connectivity index (χ4v) is 4.05. The highest BCUT2D eigenvalue weighted by molar-refractivity contribution is 6.04. The Kier molecular flexibility index (Phi) is 6.60. The Bertz CT molecular complexity index is 977. The molecule has 0 unspecified atom stereocenters. The van der Waals surface area contributed by atoms with Crippen molar-refractivity contribution in [2.24, 2.45) is 0 Å². The van der Waals surface area contributed by atoms with Gasteiger partial charge in [-0.1, -0.05) is 61.9 Å². The Balaban J connectivity index is 1.32. The van der Waals surface area contributed by atoms with E-state index in [0.717, 1.165) is 38.2 Å². The monoisotopic (exact) mass is 398 g/mol. The fraction of sp³-hybridized carbons (Fsp3) is 0.296. The normalized spacial score (nSPS) is 13.6. The summed E-state index contributed by atoms with van der Waals surface area (Å²) in [7, 11) is 0. The predicted molar refractivity (Wildman–Crippen MR) is 124 cm³/mol. The van der Waals surface area contributed by atoms with Gasteiger partial charge in [0.25, 0.3) is 5.91 Å². The van der Waals surface area contributed by atoms with E-state index >= 15 is 0 Å². The summed E-state index contributed by atoms with van der Waals surface area (Å²) in [4.78, 5) is 15.1. The molecule has 0 fully saturated rings. The molecule has 154 valence electrons. The molecule has 0 atom stereocenters. The van der Waals surface area contributed by atoms with Crippen LogP contribution in [0.15, 0.2) is 72.8 Å². The molecule has 3 aromatic rings. The first kappa shape index (κ1) is 20.4. The van der Waals surface area contributed by atoms with Crippen molar-refractivity contribution in [2.45, 2.75) is 45.7 Å². The second kappa shape index (κ2) is 9.73. The van der Waals surface area contributed by atoms with E-state index in [2.05, 4.69) is 65.7 Å². The summed E-state index contributed by atoms with van der Waals surface area (Å²) >= 11 is 0. The van der Waals surface area contributed by atoms with Gasteiger partial charge in [0, 0.05) is 30.9 Å². The Morgan fingerprint density at radius 3 is 2.33 bits per heavy atom. The highest BCUT2D eigenvalue weighted by Gasteiger charge is 2.16. The van der Waals surface area contributed by atoms with Gasteiger partial charge in [-0.2, -0.15) is 0 Å². The summed E-state index contributed by atoms with van der Waals surface area (Å²) in [5.41, 5.74) is 7.00. The van der Waals surface area contributed by atoms with Gasteiger partial charge < -0.3 is 5.32 Å². The Morgan fingerprint density at radius 1 is 0.900 bits per heavy atom. The van der Waals surface area contributed by atoms with Crippen molar-refractivity contribution in [3.63, 3.8) is 0 Å². The van der Waals surface area contributed by atoms with Gasteiger partial charge in [0.1, 0.15) is 0 Å². The predicted octanol–water partition coefficient (Wildman–Crippen LogP) is 5.84. The number of anilines is 1. The highest BCUT2D eigenvalue weighted by atomic mass is 16.1. The minimum absolute atomic E-state index is 0.0604. The van der Waals surface area contributed by atoms with Crippen molar-refractivity contribution in [1.29, 1.82) is 0 Å². The van der Waals surface area contributed by atoms with E-state index in [1.165, 1.54) is 35.1 Å².